The molecule has 264 valence electrons. The van der Waals surface area contributed by atoms with Gasteiger partial charge in [-0.25, -0.2) is 0 Å². The average Bonchev–Trinajstić information content (AvgIpc) is 3.85. The van der Waals surface area contributed by atoms with E-state index in [0.29, 0.717) is 50.4 Å². The lowest BCUT2D eigenvalue weighted by molar-refractivity contribution is -0.112. The van der Waals surface area contributed by atoms with Gasteiger partial charge in [-0.1, -0.05) is 6.58 Å². The standard InChI is InChI=1S/C33H34BrN11O6/c1-14-21(12-39-25(14)30(48)37-7-8-38-33(35)36)44-32(50)27-16(3)22(13-41-27)45-31(49)26-15(2)20(11-40-26)43-29(47)24-10-18-9-19(5-6-23(18)51-24)42-28(46)17(4)34/h5-6,9-13,39-41H,4,7-8H2,1-3H3,(H,37,48)(H,42,46)(H,43,47)(H,44,50)(H,45,49)(H4,35,36,38). The molecule has 18 heteroatoms. The van der Waals surface area contributed by atoms with Crippen LogP contribution in [0, 0.1) is 26.2 Å². The van der Waals surface area contributed by atoms with Crippen LogP contribution < -0.4 is 37.6 Å². The molecule has 4 heterocycles. The smallest absolute Gasteiger partial charge is 0.291 e. The number of amides is 5. The van der Waals surface area contributed by atoms with Crippen molar-refractivity contribution in [2.75, 3.05) is 34.4 Å². The molecule has 0 saturated carbocycles. The average molecular weight is 761 g/mol. The zero-order valence-corrected chi connectivity index (χ0v) is 29.2. The Morgan fingerprint density at radius 1 is 0.745 bits per heavy atom. The highest BCUT2D eigenvalue weighted by Crippen LogP contribution is 2.27. The molecular formula is C33H34BrN11O6. The van der Waals surface area contributed by atoms with Crippen LogP contribution in [0.5, 0.6) is 0 Å². The number of hydrogen-bond donors (Lipinski definition) is 11. The Hall–Kier alpha value is -6.56. The van der Waals surface area contributed by atoms with Gasteiger partial charge in [0.1, 0.15) is 22.7 Å². The zero-order chi connectivity index (χ0) is 37.0. The summed E-state index contributed by atoms with van der Waals surface area (Å²) in [6, 6.07) is 6.45. The number of guanidine groups is 1. The minimum absolute atomic E-state index is 0.0201. The van der Waals surface area contributed by atoms with E-state index in [1.165, 1.54) is 24.7 Å². The third-order valence-corrected chi connectivity index (χ3v) is 8.18. The third-order valence-electron chi connectivity index (χ3n) is 7.82. The Bertz CT molecular complexity index is 2220. The molecule has 0 saturated heterocycles. The maximum Gasteiger partial charge on any atom is 0.291 e. The Labute approximate surface area is 298 Å². The van der Waals surface area contributed by atoms with Crippen LogP contribution in [-0.2, 0) is 4.79 Å². The predicted octanol–water partition coefficient (Wildman–Crippen LogP) is 4.16. The molecule has 0 unspecified atom stereocenters. The van der Waals surface area contributed by atoms with Crippen LogP contribution in [-0.4, -0.2) is 63.5 Å². The van der Waals surface area contributed by atoms with Gasteiger partial charge in [-0.2, -0.15) is 0 Å². The van der Waals surface area contributed by atoms with Gasteiger partial charge < -0.3 is 57.0 Å². The van der Waals surface area contributed by atoms with Gasteiger partial charge in [0.25, 0.3) is 29.5 Å². The fourth-order valence-corrected chi connectivity index (χ4v) is 5.13. The fourth-order valence-electron chi connectivity index (χ4n) is 5.03. The van der Waals surface area contributed by atoms with Crippen molar-refractivity contribution in [2.45, 2.75) is 20.8 Å². The summed E-state index contributed by atoms with van der Waals surface area (Å²) in [6.07, 6.45) is 4.46. The molecule has 0 fully saturated rings. The Balaban J connectivity index is 1.20. The minimum atomic E-state index is -0.552. The van der Waals surface area contributed by atoms with Crippen molar-refractivity contribution in [1.29, 1.82) is 5.41 Å². The van der Waals surface area contributed by atoms with E-state index in [4.69, 9.17) is 15.6 Å². The molecule has 5 rings (SSSR count). The van der Waals surface area contributed by atoms with Gasteiger partial charge in [0.15, 0.2) is 11.7 Å². The van der Waals surface area contributed by atoms with Gasteiger partial charge in [-0.15, -0.1) is 0 Å². The van der Waals surface area contributed by atoms with Crippen LogP contribution in [0.15, 0.2) is 58.3 Å². The maximum absolute atomic E-state index is 13.2. The number of furan rings is 1. The number of nitrogens with one attached hydrogen (secondary N) is 10. The molecule has 17 nitrogen and oxygen atoms in total. The topological polar surface area (TPSA) is 268 Å². The van der Waals surface area contributed by atoms with Gasteiger partial charge in [0.2, 0.25) is 0 Å². The van der Waals surface area contributed by atoms with E-state index in [0.717, 1.165) is 0 Å². The van der Waals surface area contributed by atoms with Crippen molar-refractivity contribution in [3.8, 4) is 0 Å². The van der Waals surface area contributed by atoms with E-state index in [2.05, 4.69) is 69.4 Å². The molecule has 1 aromatic carbocycles. The number of fused-ring (bicyclic) bond motifs is 1. The second-order valence-corrected chi connectivity index (χ2v) is 12.2. The van der Waals surface area contributed by atoms with Gasteiger partial charge in [0, 0.05) is 59.4 Å². The molecule has 5 amide bonds. The van der Waals surface area contributed by atoms with Gasteiger partial charge >= 0.3 is 0 Å². The van der Waals surface area contributed by atoms with Crippen molar-refractivity contribution >= 4 is 85.1 Å². The summed E-state index contributed by atoms with van der Waals surface area (Å²) in [7, 11) is 0. The first kappa shape index (κ1) is 35.7. The van der Waals surface area contributed by atoms with Crippen LogP contribution >= 0.6 is 15.9 Å². The van der Waals surface area contributed by atoms with Gasteiger partial charge in [0.05, 0.1) is 21.5 Å². The number of H-pyrrole nitrogens is 3. The van der Waals surface area contributed by atoms with Gasteiger partial charge in [-0.05, 0) is 61.0 Å². The van der Waals surface area contributed by atoms with Crippen molar-refractivity contribution in [1.82, 2.24) is 25.6 Å². The number of hydrogen-bond acceptors (Lipinski definition) is 7. The maximum atomic E-state index is 13.2. The quantitative estimate of drug-likeness (QED) is 0.0380. The van der Waals surface area contributed by atoms with Crippen LogP contribution in [0.1, 0.15) is 58.7 Å². The number of rotatable bonds is 12. The number of halogens is 1. The van der Waals surface area contributed by atoms with Crippen LogP contribution in [0.25, 0.3) is 11.0 Å². The summed E-state index contributed by atoms with van der Waals surface area (Å²) in [5.74, 6) is -2.54. The van der Waals surface area contributed by atoms with E-state index >= 15 is 0 Å². The van der Waals surface area contributed by atoms with E-state index < -0.39 is 29.5 Å². The summed E-state index contributed by atoms with van der Waals surface area (Å²) < 4.78 is 5.86. The lowest BCUT2D eigenvalue weighted by atomic mass is 10.2. The first-order chi connectivity index (χ1) is 24.2. The monoisotopic (exact) mass is 759 g/mol. The molecule has 12 N–H and O–H groups in total. The molecule has 0 atom stereocenters. The first-order valence-electron chi connectivity index (χ1n) is 15.3. The predicted molar refractivity (Wildman–Crippen MR) is 196 cm³/mol. The number of carbonyl (C=O) groups is 5. The summed E-state index contributed by atoms with van der Waals surface area (Å²) in [5.41, 5.74) is 9.33. The summed E-state index contributed by atoms with van der Waals surface area (Å²) >= 11 is 3.03. The number of aromatic amines is 3. The number of aromatic nitrogens is 3. The van der Waals surface area contributed by atoms with E-state index in [-0.39, 0.29) is 46.4 Å². The Morgan fingerprint density at radius 3 is 1.75 bits per heavy atom. The van der Waals surface area contributed by atoms with Crippen molar-refractivity contribution in [3.63, 3.8) is 0 Å². The minimum Gasteiger partial charge on any atom is -0.451 e. The SMILES string of the molecule is C=C(Br)C(=O)Nc1ccc2oc(C(=O)Nc3c[nH]c(C(=O)Nc4c[nH]c(C(=O)Nc5c[nH]c(C(=O)NCCNC(=N)N)c5C)c4C)c3C)cc2c1. The van der Waals surface area contributed by atoms with Crippen molar-refractivity contribution < 1.29 is 28.4 Å². The highest BCUT2D eigenvalue weighted by molar-refractivity contribution is 9.12. The highest BCUT2D eigenvalue weighted by atomic mass is 79.9. The zero-order valence-electron chi connectivity index (χ0n) is 27.6. The molecule has 0 aliphatic carbocycles. The molecular weight excluding hydrogens is 726 g/mol. The number of benzene rings is 1. The summed E-state index contributed by atoms with van der Waals surface area (Å²) in [5, 5.41) is 24.0. The first-order valence-corrected chi connectivity index (χ1v) is 16.1. The number of carbonyl (C=O) groups excluding carboxylic acids is 5. The molecule has 0 radical (unpaired) electrons. The summed E-state index contributed by atoms with van der Waals surface area (Å²) in [6.45, 7) is 9.04. The second-order valence-electron chi connectivity index (χ2n) is 11.3. The van der Waals surface area contributed by atoms with Crippen LogP contribution in [0.3, 0.4) is 0 Å². The lowest BCUT2D eigenvalue weighted by Gasteiger charge is -2.08. The lowest BCUT2D eigenvalue weighted by Crippen LogP contribution is -2.37. The second kappa shape index (κ2) is 14.9. The van der Waals surface area contributed by atoms with Crippen LogP contribution in [0.2, 0.25) is 0 Å². The molecule has 51 heavy (non-hydrogen) atoms. The highest BCUT2D eigenvalue weighted by Gasteiger charge is 2.22. The van der Waals surface area contributed by atoms with E-state index in [9.17, 15) is 24.0 Å². The van der Waals surface area contributed by atoms with Gasteiger partial charge in [-0.3, -0.25) is 29.4 Å². The molecule has 0 aliphatic rings. The van der Waals surface area contributed by atoms with Crippen molar-refractivity contribution in [3.05, 3.63) is 93.4 Å². The number of anilines is 4. The molecule has 0 bridgehead atoms. The van der Waals surface area contributed by atoms with E-state index in [1.807, 2.05) is 0 Å². The molecule has 4 aromatic heterocycles. The Kier molecular flexibility index (Phi) is 10.4. The number of nitrogens with two attached hydrogens (primary N) is 1. The summed E-state index contributed by atoms with van der Waals surface area (Å²) in [4.78, 5) is 72.5. The molecule has 0 spiro atoms. The molecule has 0 aliphatic heterocycles. The third kappa shape index (κ3) is 8.02. The Morgan fingerprint density at radius 2 is 1.24 bits per heavy atom. The molecule has 5 aromatic rings. The largest absolute Gasteiger partial charge is 0.451 e. The fraction of sp³-hybridized carbons (Fsp3) is 0.152. The normalized spacial score (nSPS) is 10.7. The van der Waals surface area contributed by atoms with E-state index in [1.54, 1.807) is 39.0 Å². The van der Waals surface area contributed by atoms with Crippen molar-refractivity contribution in [2.24, 2.45) is 5.73 Å². The van der Waals surface area contributed by atoms with Crippen LogP contribution in [0.4, 0.5) is 22.7 Å².